The number of nitrogens with one attached hydrogen (secondary N) is 2. The minimum Gasteiger partial charge on any atom is -0.347 e. The van der Waals surface area contributed by atoms with Crippen LogP contribution in [-0.2, 0) is 0 Å². The van der Waals surface area contributed by atoms with Crippen molar-refractivity contribution >= 4 is 17.1 Å². The third-order valence-corrected chi connectivity index (χ3v) is 5.64. The zero-order valence-corrected chi connectivity index (χ0v) is 14.3. The van der Waals surface area contributed by atoms with Crippen molar-refractivity contribution in [3.63, 3.8) is 0 Å². The summed E-state index contributed by atoms with van der Waals surface area (Å²) in [5.41, 5.74) is 8.06. The molecule has 2 atom stereocenters. The zero-order valence-electron chi connectivity index (χ0n) is 14.3. The lowest BCUT2D eigenvalue weighted by molar-refractivity contribution is 0.0540. The number of carbonyl (C=O) groups excluding carboxylic acids is 1. The SMILES string of the molecule is CC1(N)CC2CC(C1)CC(C)(NC(=O)c1ccnc3nc[nH]c13)C2. The number of carbonyl (C=O) groups is 1. The fourth-order valence-electron chi connectivity index (χ4n) is 5.19. The van der Waals surface area contributed by atoms with E-state index in [1.165, 1.54) is 6.42 Å². The molecule has 0 radical (unpaired) electrons. The Hall–Kier alpha value is -1.95. The minimum atomic E-state index is -0.170. The second-order valence-electron chi connectivity index (χ2n) is 8.41. The number of H-pyrrole nitrogens is 1. The first-order valence-electron chi connectivity index (χ1n) is 8.73. The lowest BCUT2D eigenvalue weighted by atomic mass is 9.60. The van der Waals surface area contributed by atoms with Crippen molar-refractivity contribution in [1.82, 2.24) is 20.3 Å². The van der Waals surface area contributed by atoms with Crippen LogP contribution in [0.2, 0.25) is 0 Å². The number of hydrogen-bond donors (Lipinski definition) is 3. The van der Waals surface area contributed by atoms with Gasteiger partial charge in [0, 0.05) is 17.3 Å². The lowest BCUT2D eigenvalue weighted by Gasteiger charge is -2.50. The van der Waals surface area contributed by atoms with E-state index < -0.39 is 0 Å². The standard InChI is InChI=1S/C18H25N5O/c1-17(19)6-11-5-12(7-17)9-18(2,8-11)23-16(24)13-3-4-20-15-14(13)21-10-22-15/h3-4,10-12H,5-9,19H2,1-2H3,(H,23,24)(H,20,21,22). The molecule has 6 nitrogen and oxygen atoms in total. The van der Waals surface area contributed by atoms with Gasteiger partial charge in [-0.25, -0.2) is 9.97 Å². The van der Waals surface area contributed by atoms with E-state index in [4.69, 9.17) is 5.73 Å². The van der Waals surface area contributed by atoms with E-state index in [0.717, 1.165) is 25.7 Å². The van der Waals surface area contributed by atoms with Gasteiger partial charge in [0.25, 0.3) is 5.91 Å². The highest BCUT2D eigenvalue weighted by atomic mass is 16.1. The van der Waals surface area contributed by atoms with Crippen LogP contribution in [0.1, 0.15) is 56.3 Å². The normalized spacial score (nSPS) is 35.8. The number of nitrogens with zero attached hydrogens (tertiary/aromatic N) is 2. The van der Waals surface area contributed by atoms with Crippen LogP contribution in [0.4, 0.5) is 0 Å². The second kappa shape index (κ2) is 5.28. The van der Waals surface area contributed by atoms with Crippen molar-refractivity contribution in [2.75, 3.05) is 0 Å². The van der Waals surface area contributed by atoms with Gasteiger partial charge in [0.05, 0.1) is 17.4 Å². The van der Waals surface area contributed by atoms with Crippen molar-refractivity contribution in [3.05, 3.63) is 24.2 Å². The Kier molecular flexibility index (Phi) is 3.42. The molecule has 128 valence electrons. The van der Waals surface area contributed by atoms with E-state index in [-0.39, 0.29) is 17.0 Å². The number of imidazole rings is 1. The molecule has 4 rings (SSSR count). The predicted octanol–water partition coefficient (Wildman–Crippen LogP) is 2.37. The number of hydrogen-bond acceptors (Lipinski definition) is 4. The summed E-state index contributed by atoms with van der Waals surface area (Å²) >= 11 is 0. The van der Waals surface area contributed by atoms with E-state index in [9.17, 15) is 4.79 Å². The fourth-order valence-corrected chi connectivity index (χ4v) is 5.19. The van der Waals surface area contributed by atoms with Crippen LogP contribution in [-0.4, -0.2) is 31.9 Å². The highest BCUT2D eigenvalue weighted by Crippen LogP contribution is 2.47. The van der Waals surface area contributed by atoms with E-state index in [1.807, 2.05) is 0 Å². The third-order valence-electron chi connectivity index (χ3n) is 5.64. The van der Waals surface area contributed by atoms with Gasteiger partial charge in [-0.3, -0.25) is 4.79 Å². The zero-order chi connectivity index (χ0) is 16.9. The second-order valence-corrected chi connectivity index (χ2v) is 8.41. The van der Waals surface area contributed by atoms with Gasteiger partial charge in [-0.2, -0.15) is 0 Å². The van der Waals surface area contributed by atoms with Crippen molar-refractivity contribution in [2.24, 2.45) is 17.6 Å². The number of amides is 1. The van der Waals surface area contributed by atoms with Crippen LogP contribution in [0.3, 0.4) is 0 Å². The molecule has 0 aliphatic heterocycles. The Morgan fingerprint density at radius 3 is 2.67 bits per heavy atom. The molecular formula is C18H25N5O. The largest absolute Gasteiger partial charge is 0.347 e. The Morgan fingerprint density at radius 1 is 1.25 bits per heavy atom. The molecular weight excluding hydrogens is 302 g/mol. The van der Waals surface area contributed by atoms with Crippen molar-refractivity contribution in [3.8, 4) is 0 Å². The van der Waals surface area contributed by atoms with E-state index in [1.54, 1.807) is 18.6 Å². The van der Waals surface area contributed by atoms with Crippen LogP contribution in [0.5, 0.6) is 0 Å². The molecule has 2 aromatic rings. The predicted molar refractivity (Wildman–Crippen MR) is 92.4 cm³/mol. The third kappa shape index (κ3) is 2.79. The van der Waals surface area contributed by atoms with Crippen LogP contribution >= 0.6 is 0 Å². The molecule has 0 saturated heterocycles. The maximum absolute atomic E-state index is 12.9. The Labute approximate surface area is 141 Å². The molecule has 0 aromatic carbocycles. The van der Waals surface area contributed by atoms with Crippen LogP contribution < -0.4 is 11.1 Å². The molecule has 2 heterocycles. The number of nitrogens with two attached hydrogens (primary N) is 1. The Morgan fingerprint density at radius 2 is 1.96 bits per heavy atom. The average Bonchev–Trinajstić information content (AvgIpc) is 2.91. The van der Waals surface area contributed by atoms with Gasteiger partial charge < -0.3 is 16.0 Å². The average molecular weight is 327 g/mol. The molecule has 2 aliphatic rings. The quantitative estimate of drug-likeness (QED) is 0.789. The molecule has 6 heteroatoms. The van der Waals surface area contributed by atoms with Gasteiger partial charge in [-0.1, -0.05) is 0 Å². The van der Waals surface area contributed by atoms with Gasteiger partial charge in [0.2, 0.25) is 0 Å². The summed E-state index contributed by atoms with van der Waals surface area (Å²) in [6, 6.07) is 1.75. The molecule has 2 aromatic heterocycles. The molecule has 2 saturated carbocycles. The first-order valence-corrected chi connectivity index (χ1v) is 8.73. The van der Waals surface area contributed by atoms with Crippen molar-refractivity contribution < 1.29 is 4.79 Å². The molecule has 1 amide bonds. The molecule has 2 unspecified atom stereocenters. The van der Waals surface area contributed by atoms with Crippen molar-refractivity contribution in [1.29, 1.82) is 0 Å². The summed E-state index contributed by atoms with van der Waals surface area (Å²) in [6.45, 7) is 4.34. The van der Waals surface area contributed by atoms with E-state index >= 15 is 0 Å². The van der Waals surface area contributed by atoms with Gasteiger partial charge in [-0.15, -0.1) is 0 Å². The number of pyridine rings is 1. The summed E-state index contributed by atoms with van der Waals surface area (Å²) in [5.74, 6) is 1.15. The van der Waals surface area contributed by atoms with Crippen LogP contribution in [0.15, 0.2) is 18.6 Å². The smallest absolute Gasteiger partial charge is 0.254 e. The Balaban J connectivity index is 1.55. The minimum absolute atomic E-state index is 0.0495. The summed E-state index contributed by atoms with van der Waals surface area (Å²) in [7, 11) is 0. The molecule has 24 heavy (non-hydrogen) atoms. The summed E-state index contributed by atoms with van der Waals surface area (Å²) in [4.78, 5) is 24.2. The molecule has 2 bridgehead atoms. The maximum Gasteiger partial charge on any atom is 0.254 e. The molecule has 4 N–H and O–H groups in total. The number of fused-ring (bicyclic) bond motifs is 3. The number of aromatic amines is 1. The van der Waals surface area contributed by atoms with Gasteiger partial charge >= 0.3 is 0 Å². The van der Waals surface area contributed by atoms with E-state index in [2.05, 4.69) is 34.1 Å². The number of rotatable bonds is 2. The Bertz CT molecular complexity index is 765. The number of aromatic nitrogens is 3. The molecule has 2 fully saturated rings. The lowest BCUT2D eigenvalue weighted by Crippen LogP contribution is -2.56. The van der Waals surface area contributed by atoms with Crippen molar-refractivity contribution in [2.45, 2.75) is 57.0 Å². The fraction of sp³-hybridized carbons (Fsp3) is 0.611. The first-order chi connectivity index (χ1) is 11.3. The monoisotopic (exact) mass is 327 g/mol. The summed E-state index contributed by atoms with van der Waals surface area (Å²) in [5, 5.41) is 3.29. The van der Waals surface area contributed by atoms with E-state index in [0.29, 0.717) is 28.6 Å². The summed E-state index contributed by atoms with van der Waals surface area (Å²) < 4.78 is 0. The first kappa shape index (κ1) is 15.6. The topological polar surface area (TPSA) is 96.7 Å². The molecule has 2 aliphatic carbocycles. The maximum atomic E-state index is 12.9. The highest BCUT2D eigenvalue weighted by molar-refractivity contribution is 6.04. The highest BCUT2D eigenvalue weighted by Gasteiger charge is 2.45. The summed E-state index contributed by atoms with van der Waals surface area (Å²) in [6.07, 6.45) is 8.56. The van der Waals surface area contributed by atoms with Gasteiger partial charge in [0.1, 0.15) is 0 Å². The molecule has 0 spiro atoms. The van der Waals surface area contributed by atoms with Crippen LogP contribution in [0.25, 0.3) is 11.2 Å². The van der Waals surface area contributed by atoms with Crippen LogP contribution in [0, 0.1) is 11.8 Å². The van der Waals surface area contributed by atoms with Gasteiger partial charge in [0.15, 0.2) is 5.65 Å². The van der Waals surface area contributed by atoms with Gasteiger partial charge in [-0.05, 0) is 63.9 Å².